The molecule has 11 nitrogen and oxygen atoms in total. The minimum Gasteiger partial charge on any atom is -0.383 e. The van der Waals surface area contributed by atoms with Gasteiger partial charge in [-0.15, -0.1) is 0 Å². The van der Waals surface area contributed by atoms with Crippen LogP contribution in [0.4, 0.5) is 23.1 Å². The van der Waals surface area contributed by atoms with Crippen LogP contribution >= 0.6 is 0 Å². The van der Waals surface area contributed by atoms with Crippen molar-refractivity contribution in [2.24, 2.45) is 0 Å². The van der Waals surface area contributed by atoms with E-state index >= 15 is 0 Å². The van der Waals surface area contributed by atoms with Crippen LogP contribution in [0.25, 0.3) is 11.1 Å². The van der Waals surface area contributed by atoms with Crippen molar-refractivity contribution in [1.29, 1.82) is 0 Å². The number of anilines is 3. The second-order valence-electron chi connectivity index (χ2n) is 6.28. The summed E-state index contributed by atoms with van der Waals surface area (Å²) < 4.78 is 15.6. The number of nitro groups is 1. The highest BCUT2D eigenvalue weighted by atomic mass is 16.6. The number of aromatic nitrogens is 2. The summed E-state index contributed by atoms with van der Waals surface area (Å²) >= 11 is 0. The Morgan fingerprint density at radius 3 is 2.47 bits per heavy atom. The van der Waals surface area contributed by atoms with Crippen LogP contribution in [0.1, 0.15) is 12.6 Å². The van der Waals surface area contributed by atoms with Crippen LogP contribution < -0.4 is 16.8 Å². The second-order valence-corrected chi connectivity index (χ2v) is 6.28. The zero-order chi connectivity index (χ0) is 21.9. The molecule has 1 aromatic heterocycles. The van der Waals surface area contributed by atoms with Crippen LogP contribution in [0.15, 0.2) is 18.2 Å². The number of methoxy groups -OCH3 is 1. The molecule has 0 saturated carbocycles. The fourth-order valence-electron chi connectivity index (χ4n) is 2.83. The maximum atomic E-state index is 11.6. The van der Waals surface area contributed by atoms with Crippen LogP contribution in [0.2, 0.25) is 0 Å². The van der Waals surface area contributed by atoms with E-state index in [0.29, 0.717) is 68.5 Å². The molecule has 0 radical (unpaired) electrons. The average molecular weight is 420 g/mol. The summed E-state index contributed by atoms with van der Waals surface area (Å²) in [5, 5.41) is 14.6. The van der Waals surface area contributed by atoms with Crippen LogP contribution in [-0.4, -0.2) is 61.6 Å². The van der Waals surface area contributed by atoms with Crippen molar-refractivity contribution in [3.8, 4) is 11.1 Å². The fraction of sp³-hybridized carbons (Fsp3) is 0.474. The monoisotopic (exact) mass is 420 g/mol. The summed E-state index contributed by atoms with van der Waals surface area (Å²) in [6.45, 7) is 4.63. The Kier molecular flexibility index (Phi) is 9.19. The lowest BCUT2D eigenvalue weighted by atomic mass is 10.0. The van der Waals surface area contributed by atoms with Gasteiger partial charge in [-0.3, -0.25) is 10.1 Å². The van der Waals surface area contributed by atoms with Crippen LogP contribution in [-0.2, 0) is 20.6 Å². The molecule has 1 heterocycles. The third kappa shape index (κ3) is 6.51. The van der Waals surface area contributed by atoms with E-state index in [1.807, 2.05) is 6.92 Å². The summed E-state index contributed by atoms with van der Waals surface area (Å²) in [6.07, 6.45) is 0.562. The topological polar surface area (TPSA) is 161 Å². The van der Waals surface area contributed by atoms with Crippen molar-refractivity contribution >= 4 is 23.1 Å². The molecule has 11 heteroatoms. The van der Waals surface area contributed by atoms with E-state index in [-0.39, 0.29) is 17.5 Å². The number of hydrogen-bond donors (Lipinski definition) is 3. The zero-order valence-corrected chi connectivity index (χ0v) is 17.2. The van der Waals surface area contributed by atoms with Gasteiger partial charge in [0.2, 0.25) is 5.95 Å². The Morgan fingerprint density at radius 1 is 1.10 bits per heavy atom. The van der Waals surface area contributed by atoms with Gasteiger partial charge in [-0.1, -0.05) is 13.0 Å². The highest BCUT2D eigenvalue weighted by Gasteiger charge is 2.19. The fourth-order valence-corrected chi connectivity index (χ4v) is 2.83. The van der Waals surface area contributed by atoms with Crippen molar-refractivity contribution < 1.29 is 19.1 Å². The van der Waals surface area contributed by atoms with Gasteiger partial charge in [0.15, 0.2) is 0 Å². The summed E-state index contributed by atoms with van der Waals surface area (Å²) in [5.41, 5.74) is 13.7. The Bertz CT molecular complexity index is 848. The Labute approximate surface area is 174 Å². The maximum Gasteiger partial charge on any atom is 0.292 e. The van der Waals surface area contributed by atoms with Crippen LogP contribution in [0.5, 0.6) is 0 Å². The minimum absolute atomic E-state index is 0.0741. The summed E-state index contributed by atoms with van der Waals surface area (Å²) in [6, 6.07) is 4.83. The molecule has 0 saturated heterocycles. The molecule has 0 amide bonds. The predicted molar refractivity (Wildman–Crippen MR) is 114 cm³/mol. The van der Waals surface area contributed by atoms with Crippen molar-refractivity contribution in [3.63, 3.8) is 0 Å². The number of hydrogen-bond acceptors (Lipinski definition) is 10. The second kappa shape index (κ2) is 11.9. The average Bonchev–Trinajstić information content (AvgIpc) is 2.72. The standard InChI is InChI=1S/C19H28N6O5/c1-3-14-17(18(20)24-19(21)23-14)13-4-5-15(16(12-13)25(26)27)22-6-7-29-10-11-30-9-8-28-2/h4-5,12,22H,3,6-11H2,1-2H3,(H4,20,21,23,24). The maximum absolute atomic E-state index is 11.6. The largest absolute Gasteiger partial charge is 0.383 e. The molecule has 0 aliphatic rings. The number of ether oxygens (including phenoxy) is 3. The Morgan fingerprint density at radius 2 is 1.80 bits per heavy atom. The van der Waals surface area contributed by atoms with E-state index in [1.165, 1.54) is 6.07 Å². The molecule has 2 rings (SSSR count). The normalized spacial score (nSPS) is 10.9. The van der Waals surface area contributed by atoms with Gasteiger partial charge in [0.25, 0.3) is 5.69 Å². The Hall–Kier alpha value is -3.02. The number of aryl methyl sites for hydroxylation is 1. The number of rotatable bonds is 13. The highest BCUT2D eigenvalue weighted by Crippen LogP contribution is 2.34. The lowest BCUT2D eigenvalue weighted by Crippen LogP contribution is -2.14. The molecule has 1 aromatic carbocycles. The third-order valence-corrected chi connectivity index (χ3v) is 4.21. The van der Waals surface area contributed by atoms with Crippen LogP contribution in [0, 0.1) is 10.1 Å². The molecular formula is C19H28N6O5. The van der Waals surface area contributed by atoms with Gasteiger partial charge in [-0.2, -0.15) is 4.98 Å². The molecule has 164 valence electrons. The first-order chi connectivity index (χ1) is 14.5. The molecule has 0 aliphatic heterocycles. The van der Waals surface area contributed by atoms with Crippen molar-refractivity contribution in [1.82, 2.24) is 9.97 Å². The number of nitrogen functional groups attached to an aromatic ring is 2. The predicted octanol–water partition coefficient (Wildman–Crippen LogP) is 1.87. The molecule has 2 aromatic rings. The zero-order valence-electron chi connectivity index (χ0n) is 17.2. The molecule has 30 heavy (non-hydrogen) atoms. The molecule has 0 unspecified atom stereocenters. The van der Waals surface area contributed by atoms with Gasteiger partial charge < -0.3 is 31.0 Å². The number of nitrogens with one attached hydrogen (secondary N) is 1. The number of nitrogens with two attached hydrogens (primary N) is 2. The molecule has 5 N–H and O–H groups in total. The van der Waals surface area contributed by atoms with Crippen molar-refractivity contribution in [3.05, 3.63) is 34.0 Å². The SMILES string of the molecule is CCc1nc(N)nc(N)c1-c1ccc(NCCOCCOCCOC)c([N+](=O)[O-])c1. The first kappa shape index (κ1) is 23.3. The molecular weight excluding hydrogens is 392 g/mol. The summed E-state index contributed by atoms with van der Waals surface area (Å²) in [4.78, 5) is 19.3. The van der Waals surface area contributed by atoms with E-state index in [1.54, 1.807) is 19.2 Å². The molecule has 0 atom stereocenters. The highest BCUT2D eigenvalue weighted by molar-refractivity contribution is 5.81. The van der Waals surface area contributed by atoms with E-state index in [4.69, 9.17) is 25.7 Å². The van der Waals surface area contributed by atoms with Crippen molar-refractivity contribution in [2.75, 3.05) is 63.5 Å². The first-order valence-corrected chi connectivity index (χ1v) is 9.56. The van der Waals surface area contributed by atoms with Crippen molar-refractivity contribution in [2.45, 2.75) is 13.3 Å². The molecule has 0 bridgehead atoms. The smallest absolute Gasteiger partial charge is 0.292 e. The van der Waals surface area contributed by atoms with E-state index in [9.17, 15) is 10.1 Å². The summed E-state index contributed by atoms with van der Waals surface area (Å²) in [7, 11) is 1.61. The van der Waals surface area contributed by atoms with Crippen LogP contribution in [0.3, 0.4) is 0 Å². The van der Waals surface area contributed by atoms with Gasteiger partial charge in [0, 0.05) is 25.3 Å². The summed E-state index contributed by atoms with van der Waals surface area (Å²) in [5.74, 6) is 0.264. The third-order valence-electron chi connectivity index (χ3n) is 4.21. The van der Waals surface area contributed by atoms with Gasteiger partial charge in [0.05, 0.1) is 43.7 Å². The van der Waals surface area contributed by atoms with E-state index in [2.05, 4.69) is 15.3 Å². The quantitative estimate of drug-likeness (QED) is 0.248. The van der Waals surface area contributed by atoms with Gasteiger partial charge in [-0.05, 0) is 18.1 Å². The van der Waals surface area contributed by atoms with Gasteiger partial charge in [-0.25, -0.2) is 4.98 Å². The number of nitrogens with zero attached hydrogens (tertiary/aromatic N) is 3. The van der Waals surface area contributed by atoms with E-state index in [0.717, 1.165) is 0 Å². The molecule has 0 spiro atoms. The first-order valence-electron chi connectivity index (χ1n) is 9.56. The van der Waals surface area contributed by atoms with Gasteiger partial charge in [0.1, 0.15) is 11.5 Å². The number of nitro benzene ring substituents is 1. The van der Waals surface area contributed by atoms with E-state index < -0.39 is 4.92 Å². The minimum atomic E-state index is -0.448. The lowest BCUT2D eigenvalue weighted by molar-refractivity contribution is -0.383. The van der Waals surface area contributed by atoms with Gasteiger partial charge >= 0.3 is 0 Å². The molecule has 0 aliphatic carbocycles. The Balaban J connectivity index is 2.02. The lowest BCUT2D eigenvalue weighted by Gasteiger charge is -2.13. The number of benzene rings is 1. The molecule has 0 fully saturated rings.